The van der Waals surface area contributed by atoms with Crippen LogP contribution in [0.15, 0.2) is 28.8 Å². The van der Waals surface area contributed by atoms with Crippen LogP contribution in [0.25, 0.3) is 11.4 Å². The molecule has 2 heterocycles. The normalized spacial score (nSPS) is 21.5. The summed E-state index contributed by atoms with van der Waals surface area (Å²) in [5.41, 5.74) is 0.581. The number of rotatable bonds is 3. The number of likely N-dealkylation sites (tertiary alicyclic amines) is 1. The molecule has 1 amide bonds. The van der Waals surface area contributed by atoms with E-state index in [1.165, 1.54) is 12.1 Å². The smallest absolute Gasteiger partial charge is 0.249 e. The highest BCUT2D eigenvalue weighted by Crippen LogP contribution is 2.36. The first-order valence-electron chi connectivity index (χ1n) is 8.62. The van der Waals surface area contributed by atoms with Crippen LogP contribution in [0.1, 0.15) is 50.5 Å². The first kappa shape index (κ1) is 15.3. The van der Waals surface area contributed by atoms with Crippen LogP contribution < -0.4 is 0 Å². The van der Waals surface area contributed by atoms with Crippen LogP contribution in [0.2, 0.25) is 0 Å². The van der Waals surface area contributed by atoms with Crippen molar-refractivity contribution in [1.29, 1.82) is 0 Å². The Bertz CT molecular complexity index is 741. The summed E-state index contributed by atoms with van der Waals surface area (Å²) in [7, 11) is 0. The lowest BCUT2D eigenvalue weighted by atomic mass is 9.83. The molecule has 0 bridgehead atoms. The molecule has 126 valence electrons. The summed E-state index contributed by atoms with van der Waals surface area (Å²) in [5.74, 6) is 0.874. The van der Waals surface area contributed by atoms with Crippen LogP contribution in [0.4, 0.5) is 4.39 Å². The minimum atomic E-state index is -0.335. The monoisotopic (exact) mass is 329 g/mol. The van der Waals surface area contributed by atoms with Gasteiger partial charge >= 0.3 is 0 Å². The maximum absolute atomic E-state index is 13.4. The van der Waals surface area contributed by atoms with Crippen molar-refractivity contribution in [3.8, 4) is 11.4 Å². The number of carbonyl (C=O) groups is 1. The predicted octanol–water partition coefficient (Wildman–Crippen LogP) is 3.73. The number of amides is 1. The number of nitrogens with zero attached hydrogens (tertiary/aromatic N) is 3. The number of hydrogen-bond donors (Lipinski definition) is 0. The van der Waals surface area contributed by atoms with Crippen molar-refractivity contribution in [2.45, 2.75) is 44.6 Å². The summed E-state index contributed by atoms with van der Waals surface area (Å²) in [6.07, 6.45) is 6.00. The Morgan fingerprint density at radius 3 is 2.83 bits per heavy atom. The lowest BCUT2D eigenvalue weighted by molar-refractivity contribution is -0.142. The van der Waals surface area contributed by atoms with Gasteiger partial charge in [-0.25, -0.2) is 4.39 Å². The molecule has 1 aliphatic heterocycles. The van der Waals surface area contributed by atoms with Crippen molar-refractivity contribution in [3.05, 3.63) is 36.0 Å². The number of benzene rings is 1. The second-order valence-electron chi connectivity index (χ2n) is 6.64. The van der Waals surface area contributed by atoms with Gasteiger partial charge in [0.05, 0.1) is 0 Å². The standard InChI is InChI=1S/C18H20FN3O2/c19-14-8-4-7-13(11-14)16-20-17(24-21-16)15-9-1-2-10-22(15)18(23)12-5-3-6-12/h4,7-8,11-12,15H,1-3,5-6,9-10H2/t15-/m0/s1. The third-order valence-electron chi connectivity index (χ3n) is 5.05. The molecule has 2 fully saturated rings. The summed E-state index contributed by atoms with van der Waals surface area (Å²) in [5, 5.41) is 3.98. The highest BCUT2D eigenvalue weighted by Gasteiger charge is 2.37. The quantitative estimate of drug-likeness (QED) is 0.861. The SMILES string of the molecule is O=C(C1CCC1)N1CCCC[C@H]1c1nc(-c2cccc(F)c2)no1. The number of aromatic nitrogens is 2. The molecular weight excluding hydrogens is 309 g/mol. The van der Waals surface area contributed by atoms with Gasteiger partial charge in [0.2, 0.25) is 17.6 Å². The van der Waals surface area contributed by atoms with Gasteiger partial charge in [-0.2, -0.15) is 4.98 Å². The Hall–Kier alpha value is -2.24. The molecule has 6 heteroatoms. The molecule has 1 aliphatic carbocycles. The lowest BCUT2D eigenvalue weighted by Gasteiger charge is -2.38. The summed E-state index contributed by atoms with van der Waals surface area (Å²) < 4.78 is 18.8. The third kappa shape index (κ3) is 2.81. The Labute approximate surface area is 139 Å². The van der Waals surface area contributed by atoms with Crippen molar-refractivity contribution in [1.82, 2.24) is 15.0 Å². The van der Waals surface area contributed by atoms with Crippen LogP contribution in [0.3, 0.4) is 0 Å². The largest absolute Gasteiger partial charge is 0.337 e. The van der Waals surface area contributed by atoms with Gasteiger partial charge in [-0.05, 0) is 44.2 Å². The Morgan fingerprint density at radius 1 is 1.21 bits per heavy atom. The molecule has 0 radical (unpaired) electrons. The summed E-state index contributed by atoms with van der Waals surface area (Å²) in [4.78, 5) is 19.0. The summed E-state index contributed by atoms with van der Waals surface area (Å²) in [6.45, 7) is 0.748. The molecular formula is C18H20FN3O2. The second-order valence-corrected chi connectivity index (χ2v) is 6.64. The van der Waals surface area contributed by atoms with Gasteiger partial charge in [-0.1, -0.05) is 23.7 Å². The first-order valence-corrected chi connectivity index (χ1v) is 8.62. The van der Waals surface area contributed by atoms with E-state index in [2.05, 4.69) is 10.1 Å². The summed E-state index contributed by atoms with van der Waals surface area (Å²) >= 11 is 0. The molecule has 0 spiro atoms. The van der Waals surface area contributed by atoms with Gasteiger partial charge in [0.15, 0.2) is 0 Å². The van der Waals surface area contributed by atoms with E-state index in [1.54, 1.807) is 12.1 Å². The van der Waals surface area contributed by atoms with Crippen LogP contribution in [0, 0.1) is 11.7 Å². The first-order chi connectivity index (χ1) is 11.7. The molecule has 5 nitrogen and oxygen atoms in total. The third-order valence-corrected chi connectivity index (χ3v) is 5.05. The zero-order valence-electron chi connectivity index (χ0n) is 13.4. The molecule has 1 saturated heterocycles. The Balaban J connectivity index is 1.58. The van der Waals surface area contributed by atoms with Crippen LogP contribution in [-0.4, -0.2) is 27.5 Å². The minimum absolute atomic E-state index is 0.151. The van der Waals surface area contributed by atoms with E-state index in [1.807, 2.05) is 4.90 Å². The molecule has 2 aromatic rings. The Morgan fingerprint density at radius 2 is 2.08 bits per heavy atom. The molecule has 1 aromatic heterocycles. The van der Waals surface area contributed by atoms with Crippen LogP contribution in [0.5, 0.6) is 0 Å². The average molecular weight is 329 g/mol. The highest BCUT2D eigenvalue weighted by molar-refractivity contribution is 5.80. The second kappa shape index (κ2) is 6.34. The van der Waals surface area contributed by atoms with Crippen LogP contribution >= 0.6 is 0 Å². The minimum Gasteiger partial charge on any atom is -0.337 e. The molecule has 1 aromatic carbocycles. The predicted molar refractivity (Wildman–Crippen MR) is 85.3 cm³/mol. The zero-order chi connectivity index (χ0) is 16.5. The molecule has 0 unspecified atom stereocenters. The van der Waals surface area contributed by atoms with E-state index in [4.69, 9.17) is 4.52 Å². The van der Waals surface area contributed by atoms with Gasteiger partial charge in [0.25, 0.3) is 0 Å². The van der Waals surface area contributed by atoms with Gasteiger partial charge < -0.3 is 9.42 Å². The van der Waals surface area contributed by atoms with E-state index in [0.29, 0.717) is 17.3 Å². The zero-order valence-corrected chi connectivity index (χ0v) is 13.4. The van der Waals surface area contributed by atoms with Crippen molar-refractivity contribution in [2.24, 2.45) is 5.92 Å². The van der Waals surface area contributed by atoms with Crippen molar-refractivity contribution in [2.75, 3.05) is 6.54 Å². The number of carbonyl (C=O) groups excluding carboxylic acids is 1. The average Bonchev–Trinajstić information content (AvgIpc) is 3.03. The fraction of sp³-hybridized carbons (Fsp3) is 0.500. The molecule has 2 aliphatic rings. The lowest BCUT2D eigenvalue weighted by Crippen LogP contribution is -2.43. The molecule has 4 rings (SSSR count). The Kier molecular flexibility index (Phi) is 4.04. The van der Waals surface area contributed by atoms with E-state index in [0.717, 1.165) is 45.1 Å². The van der Waals surface area contributed by atoms with Gasteiger partial charge in [0.1, 0.15) is 11.9 Å². The number of hydrogen-bond acceptors (Lipinski definition) is 4. The maximum atomic E-state index is 13.4. The fourth-order valence-electron chi connectivity index (χ4n) is 3.46. The van der Waals surface area contributed by atoms with E-state index in [-0.39, 0.29) is 23.7 Å². The number of halogens is 1. The maximum Gasteiger partial charge on any atom is 0.249 e. The van der Waals surface area contributed by atoms with E-state index in [9.17, 15) is 9.18 Å². The fourth-order valence-corrected chi connectivity index (χ4v) is 3.46. The summed E-state index contributed by atoms with van der Waals surface area (Å²) in [6, 6.07) is 5.97. The van der Waals surface area contributed by atoms with Crippen molar-refractivity contribution >= 4 is 5.91 Å². The van der Waals surface area contributed by atoms with Crippen molar-refractivity contribution in [3.63, 3.8) is 0 Å². The van der Waals surface area contributed by atoms with Crippen LogP contribution in [-0.2, 0) is 4.79 Å². The van der Waals surface area contributed by atoms with Gasteiger partial charge in [-0.15, -0.1) is 0 Å². The molecule has 24 heavy (non-hydrogen) atoms. The molecule has 1 atom stereocenters. The number of piperidine rings is 1. The van der Waals surface area contributed by atoms with Crippen molar-refractivity contribution < 1.29 is 13.7 Å². The van der Waals surface area contributed by atoms with E-state index < -0.39 is 0 Å². The van der Waals surface area contributed by atoms with E-state index >= 15 is 0 Å². The van der Waals surface area contributed by atoms with Gasteiger partial charge in [-0.3, -0.25) is 4.79 Å². The molecule has 1 saturated carbocycles. The molecule has 0 N–H and O–H groups in total. The highest BCUT2D eigenvalue weighted by atomic mass is 19.1. The van der Waals surface area contributed by atoms with Gasteiger partial charge in [0, 0.05) is 18.0 Å². The topological polar surface area (TPSA) is 59.2 Å².